The first kappa shape index (κ1) is 29.1. The van der Waals surface area contributed by atoms with Gasteiger partial charge in [-0.2, -0.15) is 0 Å². The molecule has 0 aliphatic rings. The van der Waals surface area contributed by atoms with Gasteiger partial charge in [0.15, 0.2) is 0 Å². The molecule has 2 amide bonds. The fourth-order valence-electron chi connectivity index (χ4n) is 5.06. The highest BCUT2D eigenvalue weighted by atomic mass is 19.1. The SMILES string of the molecule is CCCCCc1ccc(C(=O)N(CCC)CC(=O)N(CCc2c[nH]c3ccccc23)Cc2ccc(F)cc2)cc1. The van der Waals surface area contributed by atoms with Crippen molar-refractivity contribution < 1.29 is 14.0 Å². The zero-order valence-corrected chi connectivity index (χ0v) is 23.7. The number of para-hydroxylation sites is 1. The van der Waals surface area contributed by atoms with E-state index in [1.54, 1.807) is 21.9 Å². The van der Waals surface area contributed by atoms with Gasteiger partial charge in [-0.1, -0.05) is 69.2 Å². The predicted molar refractivity (Wildman–Crippen MR) is 160 cm³/mol. The number of unbranched alkanes of at least 4 members (excludes halogenated alkanes) is 2. The molecule has 4 rings (SSSR count). The Labute approximate surface area is 237 Å². The molecule has 210 valence electrons. The van der Waals surface area contributed by atoms with E-state index in [1.807, 2.05) is 55.6 Å². The van der Waals surface area contributed by atoms with Crippen LogP contribution < -0.4 is 0 Å². The van der Waals surface area contributed by atoms with Gasteiger partial charge in [-0.25, -0.2) is 4.39 Å². The molecule has 0 saturated carbocycles. The topological polar surface area (TPSA) is 56.4 Å². The van der Waals surface area contributed by atoms with Crippen molar-refractivity contribution in [3.63, 3.8) is 0 Å². The Morgan fingerprint density at radius 3 is 2.23 bits per heavy atom. The summed E-state index contributed by atoms with van der Waals surface area (Å²) in [4.78, 5) is 33.9. The van der Waals surface area contributed by atoms with E-state index in [9.17, 15) is 14.0 Å². The molecule has 1 aromatic heterocycles. The van der Waals surface area contributed by atoms with E-state index in [0.717, 1.165) is 41.3 Å². The number of amides is 2. The normalized spacial score (nSPS) is 11.1. The molecule has 6 heteroatoms. The largest absolute Gasteiger partial charge is 0.361 e. The number of hydrogen-bond donors (Lipinski definition) is 1. The first-order valence-corrected chi connectivity index (χ1v) is 14.4. The van der Waals surface area contributed by atoms with Gasteiger partial charge >= 0.3 is 0 Å². The molecule has 0 atom stereocenters. The lowest BCUT2D eigenvalue weighted by Gasteiger charge is -2.28. The number of benzene rings is 3. The van der Waals surface area contributed by atoms with Crippen molar-refractivity contribution in [1.29, 1.82) is 0 Å². The summed E-state index contributed by atoms with van der Waals surface area (Å²) in [6, 6.07) is 22.2. The Balaban J connectivity index is 1.48. The fourth-order valence-corrected chi connectivity index (χ4v) is 5.06. The van der Waals surface area contributed by atoms with Crippen LogP contribution in [0, 0.1) is 5.82 Å². The highest BCUT2D eigenvalue weighted by Gasteiger charge is 2.22. The van der Waals surface area contributed by atoms with E-state index in [0.29, 0.717) is 31.6 Å². The number of halogens is 1. The third-order valence-electron chi connectivity index (χ3n) is 7.34. The number of aryl methyl sites for hydroxylation is 1. The molecule has 0 fully saturated rings. The van der Waals surface area contributed by atoms with Crippen molar-refractivity contribution in [2.45, 2.75) is 58.9 Å². The van der Waals surface area contributed by atoms with Crippen LogP contribution in [0.3, 0.4) is 0 Å². The van der Waals surface area contributed by atoms with Crippen LogP contribution in [0.5, 0.6) is 0 Å². The van der Waals surface area contributed by atoms with E-state index < -0.39 is 0 Å². The zero-order chi connectivity index (χ0) is 28.3. The maximum atomic E-state index is 13.7. The summed E-state index contributed by atoms with van der Waals surface area (Å²) in [6.07, 6.45) is 7.93. The third kappa shape index (κ3) is 7.81. The second-order valence-electron chi connectivity index (χ2n) is 10.4. The molecule has 0 spiro atoms. The number of H-pyrrole nitrogens is 1. The van der Waals surface area contributed by atoms with Gasteiger partial charge in [0, 0.05) is 42.3 Å². The van der Waals surface area contributed by atoms with Crippen LogP contribution >= 0.6 is 0 Å². The van der Waals surface area contributed by atoms with Gasteiger partial charge < -0.3 is 14.8 Å². The number of fused-ring (bicyclic) bond motifs is 1. The fraction of sp³-hybridized carbons (Fsp3) is 0.353. The monoisotopic (exact) mass is 541 g/mol. The molecule has 0 aliphatic heterocycles. The minimum Gasteiger partial charge on any atom is -0.361 e. The molecule has 40 heavy (non-hydrogen) atoms. The van der Waals surface area contributed by atoms with Crippen LogP contribution in [-0.2, 0) is 24.2 Å². The van der Waals surface area contributed by atoms with Gasteiger partial charge in [0.25, 0.3) is 5.91 Å². The quantitative estimate of drug-likeness (QED) is 0.172. The number of aromatic amines is 1. The first-order valence-electron chi connectivity index (χ1n) is 14.4. The summed E-state index contributed by atoms with van der Waals surface area (Å²) in [5.74, 6) is -0.563. The van der Waals surface area contributed by atoms with Gasteiger partial charge in [0.05, 0.1) is 0 Å². The minimum absolute atomic E-state index is 0.00000402. The molecular weight excluding hydrogens is 501 g/mol. The Kier molecular flexibility index (Phi) is 10.5. The molecule has 0 radical (unpaired) electrons. The lowest BCUT2D eigenvalue weighted by Crippen LogP contribution is -2.43. The van der Waals surface area contributed by atoms with Gasteiger partial charge in [-0.15, -0.1) is 0 Å². The molecular formula is C34H40FN3O2. The van der Waals surface area contributed by atoms with Crippen molar-refractivity contribution in [3.8, 4) is 0 Å². The average Bonchev–Trinajstić information content (AvgIpc) is 3.39. The van der Waals surface area contributed by atoms with Crippen molar-refractivity contribution in [1.82, 2.24) is 14.8 Å². The maximum Gasteiger partial charge on any atom is 0.254 e. The molecule has 4 aromatic rings. The number of aromatic nitrogens is 1. The average molecular weight is 542 g/mol. The molecule has 1 heterocycles. The van der Waals surface area contributed by atoms with Crippen molar-refractivity contribution in [2.24, 2.45) is 0 Å². The maximum absolute atomic E-state index is 13.7. The first-order chi connectivity index (χ1) is 19.5. The summed E-state index contributed by atoms with van der Waals surface area (Å²) >= 11 is 0. The summed E-state index contributed by atoms with van der Waals surface area (Å²) in [5.41, 5.74) is 4.87. The Bertz CT molecular complexity index is 1380. The van der Waals surface area contributed by atoms with Gasteiger partial charge in [0.2, 0.25) is 5.91 Å². The Hall–Kier alpha value is -3.93. The van der Waals surface area contributed by atoms with Crippen LogP contribution in [0.2, 0.25) is 0 Å². The van der Waals surface area contributed by atoms with Crippen LogP contribution in [-0.4, -0.2) is 46.2 Å². The number of carbonyl (C=O) groups excluding carboxylic acids is 2. The van der Waals surface area contributed by atoms with Crippen LogP contribution in [0.4, 0.5) is 4.39 Å². The molecule has 0 aliphatic carbocycles. The van der Waals surface area contributed by atoms with E-state index >= 15 is 0 Å². The molecule has 0 unspecified atom stereocenters. The second kappa shape index (κ2) is 14.5. The highest BCUT2D eigenvalue weighted by Crippen LogP contribution is 2.19. The van der Waals surface area contributed by atoms with Gasteiger partial charge in [-0.05, 0) is 72.7 Å². The number of nitrogens with one attached hydrogen (secondary N) is 1. The summed E-state index contributed by atoms with van der Waals surface area (Å²) in [7, 11) is 0. The minimum atomic E-state index is -0.309. The van der Waals surface area contributed by atoms with E-state index in [4.69, 9.17) is 0 Å². The number of hydrogen-bond acceptors (Lipinski definition) is 2. The van der Waals surface area contributed by atoms with Crippen molar-refractivity contribution >= 4 is 22.7 Å². The molecule has 5 nitrogen and oxygen atoms in total. The third-order valence-corrected chi connectivity index (χ3v) is 7.34. The smallest absolute Gasteiger partial charge is 0.254 e. The number of carbonyl (C=O) groups is 2. The van der Waals surface area contributed by atoms with Gasteiger partial charge in [-0.3, -0.25) is 9.59 Å². The molecule has 0 saturated heterocycles. The summed E-state index contributed by atoms with van der Waals surface area (Å²) in [5, 5.41) is 1.14. The highest BCUT2D eigenvalue weighted by molar-refractivity contribution is 5.96. The predicted octanol–water partition coefficient (Wildman–Crippen LogP) is 7.16. The summed E-state index contributed by atoms with van der Waals surface area (Å²) in [6.45, 7) is 5.53. The lowest BCUT2D eigenvalue weighted by atomic mass is 10.0. The van der Waals surface area contributed by atoms with E-state index in [2.05, 4.69) is 18.0 Å². The summed E-state index contributed by atoms with van der Waals surface area (Å²) < 4.78 is 13.5. The molecule has 1 N–H and O–H groups in total. The molecule has 3 aromatic carbocycles. The van der Waals surface area contributed by atoms with Crippen molar-refractivity contribution in [2.75, 3.05) is 19.6 Å². The van der Waals surface area contributed by atoms with Crippen LogP contribution in [0.1, 0.15) is 66.6 Å². The Morgan fingerprint density at radius 2 is 1.50 bits per heavy atom. The number of rotatable bonds is 14. The van der Waals surface area contributed by atoms with Crippen LogP contribution in [0.15, 0.2) is 79.0 Å². The standard InChI is InChI=1S/C34H40FN3O2/c1-3-5-6-9-26-12-16-28(17-13-26)34(40)38(21-4-2)25-33(39)37(24-27-14-18-30(35)19-15-27)22-20-29-23-36-32-11-8-7-10-31(29)32/h7-8,10-19,23,36H,3-6,9,20-22,24-25H2,1-2H3. The van der Waals surface area contributed by atoms with Crippen LogP contribution in [0.25, 0.3) is 10.9 Å². The van der Waals surface area contributed by atoms with E-state index in [1.165, 1.54) is 30.5 Å². The van der Waals surface area contributed by atoms with Crippen molar-refractivity contribution in [3.05, 3.63) is 107 Å². The lowest BCUT2D eigenvalue weighted by molar-refractivity contribution is -0.132. The van der Waals surface area contributed by atoms with Gasteiger partial charge in [0.1, 0.15) is 12.4 Å². The number of nitrogens with zero attached hydrogens (tertiary/aromatic N) is 2. The second-order valence-corrected chi connectivity index (χ2v) is 10.4. The zero-order valence-electron chi connectivity index (χ0n) is 23.7. The Morgan fingerprint density at radius 1 is 0.775 bits per heavy atom. The molecule has 0 bridgehead atoms. The van der Waals surface area contributed by atoms with E-state index in [-0.39, 0.29) is 24.2 Å².